The fraction of sp³-hybridized carbons (Fsp3) is 0.0588. The number of carboxylic acids is 1. The first-order chi connectivity index (χ1) is 10.2. The van der Waals surface area contributed by atoms with E-state index in [-0.39, 0.29) is 0 Å². The van der Waals surface area contributed by atoms with Crippen LogP contribution in [-0.2, 0) is 6.54 Å². The molecule has 1 heterocycles. The Labute approximate surface area is 122 Å². The van der Waals surface area contributed by atoms with Crippen molar-refractivity contribution in [2.45, 2.75) is 6.54 Å². The minimum absolute atomic E-state index is 0.294. The highest BCUT2D eigenvalue weighted by molar-refractivity contribution is 5.87. The third-order valence-corrected chi connectivity index (χ3v) is 3.27. The molecule has 0 saturated heterocycles. The number of aromatic nitrogens is 1. The minimum Gasteiger partial charge on any atom is -0.478 e. The molecule has 1 aromatic heterocycles. The second kappa shape index (κ2) is 5.63. The lowest BCUT2D eigenvalue weighted by Crippen LogP contribution is -2.02. The topological polar surface area (TPSA) is 62.2 Å². The number of hydrogen-bond acceptors (Lipinski definition) is 3. The van der Waals surface area contributed by atoms with Gasteiger partial charge in [0.15, 0.2) is 0 Å². The van der Waals surface area contributed by atoms with Crippen molar-refractivity contribution in [1.29, 1.82) is 0 Å². The van der Waals surface area contributed by atoms with Crippen LogP contribution >= 0.6 is 0 Å². The quantitative estimate of drug-likeness (QED) is 0.766. The smallest absolute Gasteiger partial charge is 0.335 e. The molecular weight excluding hydrogens is 264 g/mol. The summed E-state index contributed by atoms with van der Waals surface area (Å²) in [5.74, 6) is -0.110. The lowest BCUT2D eigenvalue weighted by molar-refractivity contribution is 0.0697. The maximum Gasteiger partial charge on any atom is 0.335 e. The predicted molar refractivity (Wildman–Crippen MR) is 82.5 cm³/mol. The molecule has 0 atom stereocenters. The van der Waals surface area contributed by atoms with E-state index in [0.29, 0.717) is 12.1 Å². The number of nitrogens with one attached hydrogen (secondary N) is 1. The van der Waals surface area contributed by atoms with Gasteiger partial charge in [-0.1, -0.05) is 30.3 Å². The number of carboxylic acid groups (broad SMARTS) is 1. The van der Waals surface area contributed by atoms with E-state index < -0.39 is 5.97 Å². The van der Waals surface area contributed by atoms with Gasteiger partial charge in [-0.25, -0.2) is 9.78 Å². The van der Waals surface area contributed by atoms with Crippen LogP contribution in [0.25, 0.3) is 10.9 Å². The molecule has 0 bridgehead atoms. The van der Waals surface area contributed by atoms with Crippen molar-refractivity contribution in [2.24, 2.45) is 0 Å². The molecule has 0 spiro atoms. The predicted octanol–water partition coefficient (Wildman–Crippen LogP) is 3.55. The third kappa shape index (κ3) is 3.00. The summed E-state index contributed by atoms with van der Waals surface area (Å²) in [5, 5.41) is 13.2. The van der Waals surface area contributed by atoms with Crippen LogP contribution in [0.1, 0.15) is 15.9 Å². The number of benzene rings is 2. The summed E-state index contributed by atoms with van der Waals surface area (Å²) in [5.41, 5.74) is 2.25. The minimum atomic E-state index is -0.911. The number of hydrogen-bond donors (Lipinski definition) is 2. The van der Waals surface area contributed by atoms with E-state index >= 15 is 0 Å². The molecule has 0 unspecified atom stereocenters. The maximum atomic E-state index is 10.8. The van der Waals surface area contributed by atoms with Crippen molar-refractivity contribution in [1.82, 2.24) is 4.98 Å². The Kier molecular flexibility index (Phi) is 3.51. The SMILES string of the molecule is O=C(O)c1ccc(CNc2ccc3ccccc3n2)cc1. The van der Waals surface area contributed by atoms with Crippen LogP contribution in [0.3, 0.4) is 0 Å². The molecule has 0 aliphatic carbocycles. The molecule has 104 valence electrons. The Hall–Kier alpha value is -2.88. The van der Waals surface area contributed by atoms with Gasteiger partial charge in [0, 0.05) is 11.9 Å². The van der Waals surface area contributed by atoms with Crippen molar-refractivity contribution < 1.29 is 9.90 Å². The van der Waals surface area contributed by atoms with Crippen LogP contribution in [0.2, 0.25) is 0 Å². The van der Waals surface area contributed by atoms with Crippen molar-refractivity contribution in [3.8, 4) is 0 Å². The van der Waals surface area contributed by atoms with Crippen LogP contribution in [0.5, 0.6) is 0 Å². The molecule has 0 radical (unpaired) electrons. The summed E-state index contributed by atoms with van der Waals surface area (Å²) in [6.07, 6.45) is 0. The first-order valence-electron chi connectivity index (χ1n) is 6.64. The van der Waals surface area contributed by atoms with Gasteiger partial charge in [0.2, 0.25) is 0 Å². The molecule has 3 rings (SSSR count). The van der Waals surface area contributed by atoms with Crippen LogP contribution in [0.15, 0.2) is 60.7 Å². The van der Waals surface area contributed by atoms with E-state index in [9.17, 15) is 4.79 Å². The molecular formula is C17H14N2O2. The van der Waals surface area contributed by atoms with Gasteiger partial charge in [0.25, 0.3) is 0 Å². The number of carbonyl (C=O) groups is 1. The summed E-state index contributed by atoms with van der Waals surface area (Å²) < 4.78 is 0. The molecule has 2 aromatic carbocycles. The number of nitrogens with zero attached hydrogens (tertiary/aromatic N) is 1. The van der Waals surface area contributed by atoms with E-state index in [2.05, 4.69) is 10.3 Å². The lowest BCUT2D eigenvalue weighted by Gasteiger charge is -2.07. The first-order valence-corrected chi connectivity index (χ1v) is 6.64. The fourth-order valence-corrected chi connectivity index (χ4v) is 2.12. The second-order valence-corrected chi connectivity index (χ2v) is 4.74. The van der Waals surface area contributed by atoms with Crippen molar-refractivity contribution in [3.05, 3.63) is 71.8 Å². The highest BCUT2D eigenvalue weighted by Crippen LogP contribution is 2.15. The first kappa shape index (κ1) is 13.1. The fourth-order valence-electron chi connectivity index (χ4n) is 2.12. The number of anilines is 1. The van der Waals surface area contributed by atoms with Crippen LogP contribution in [0, 0.1) is 0 Å². The number of fused-ring (bicyclic) bond motifs is 1. The largest absolute Gasteiger partial charge is 0.478 e. The van der Waals surface area contributed by atoms with Crippen LogP contribution < -0.4 is 5.32 Å². The highest BCUT2D eigenvalue weighted by atomic mass is 16.4. The summed E-state index contributed by atoms with van der Waals surface area (Å²) >= 11 is 0. The summed E-state index contributed by atoms with van der Waals surface area (Å²) in [4.78, 5) is 15.3. The van der Waals surface area contributed by atoms with Gasteiger partial charge in [-0.2, -0.15) is 0 Å². The van der Waals surface area contributed by atoms with E-state index in [0.717, 1.165) is 22.3 Å². The summed E-state index contributed by atoms with van der Waals surface area (Å²) in [7, 11) is 0. The molecule has 3 aromatic rings. The second-order valence-electron chi connectivity index (χ2n) is 4.74. The Balaban J connectivity index is 1.72. The monoisotopic (exact) mass is 278 g/mol. The van der Waals surface area contributed by atoms with Crippen molar-refractivity contribution in [2.75, 3.05) is 5.32 Å². The zero-order valence-electron chi connectivity index (χ0n) is 11.3. The molecule has 0 fully saturated rings. The van der Waals surface area contributed by atoms with Crippen LogP contribution in [-0.4, -0.2) is 16.1 Å². The number of aromatic carboxylic acids is 1. The Bertz CT molecular complexity index is 782. The van der Waals surface area contributed by atoms with Gasteiger partial charge in [0.1, 0.15) is 5.82 Å². The molecule has 0 amide bonds. The van der Waals surface area contributed by atoms with Crippen LogP contribution in [0.4, 0.5) is 5.82 Å². The summed E-state index contributed by atoms with van der Waals surface area (Å²) in [6.45, 7) is 0.602. The normalized spacial score (nSPS) is 10.5. The van der Waals surface area contributed by atoms with Gasteiger partial charge in [0.05, 0.1) is 11.1 Å². The zero-order chi connectivity index (χ0) is 14.7. The lowest BCUT2D eigenvalue weighted by atomic mass is 10.1. The molecule has 4 nitrogen and oxygen atoms in total. The van der Waals surface area contributed by atoms with Gasteiger partial charge in [-0.15, -0.1) is 0 Å². The summed E-state index contributed by atoms with van der Waals surface area (Å²) in [6, 6.07) is 18.7. The highest BCUT2D eigenvalue weighted by Gasteiger charge is 2.02. The average Bonchev–Trinajstić information content (AvgIpc) is 2.53. The van der Waals surface area contributed by atoms with E-state index in [1.165, 1.54) is 0 Å². The average molecular weight is 278 g/mol. The third-order valence-electron chi connectivity index (χ3n) is 3.27. The van der Waals surface area contributed by atoms with Gasteiger partial charge in [-0.3, -0.25) is 0 Å². The molecule has 0 aliphatic rings. The van der Waals surface area contributed by atoms with E-state index in [1.807, 2.05) is 36.4 Å². The Morgan fingerprint density at radius 1 is 1.00 bits per heavy atom. The molecule has 21 heavy (non-hydrogen) atoms. The number of para-hydroxylation sites is 1. The number of pyridine rings is 1. The van der Waals surface area contributed by atoms with Gasteiger partial charge in [-0.05, 0) is 35.9 Å². The Morgan fingerprint density at radius 3 is 2.52 bits per heavy atom. The maximum absolute atomic E-state index is 10.8. The molecule has 4 heteroatoms. The van der Waals surface area contributed by atoms with Gasteiger partial charge < -0.3 is 10.4 Å². The molecule has 0 aliphatic heterocycles. The number of rotatable bonds is 4. The van der Waals surface area contributed by atoms with Crippen molar-refractivity contribution >= 4 is 22.7 Å². The molecule has 0 saturated carbocycles. The standard InChI is InChI=1S/C17H14N2O2/c20-17(21)14-7-5-12(6-8-14)11-18-16-10-9-13-3-1-2-4-15(13)19-16/h1-10H,11H2,(H,18,19)(H,20,21). The van der Waals surface area contributed by atoms with E-state index in [1.54, 1.807) is 24.3 Å². The zero-order valence-corrected chi connectivity index (χ0v) is 11.3. The van der Waals surface area contributed by atoms with E-state index in [4.69, 9.17) is 5.11 Å². The van der Waals surface area contributed by atoms with Gasteiger partial charge >= 0.3 is 5.97 Å². The molecule has 2 N–H and O–H groups in total. The Morgan fingerprint density at radius 2 is 1.76 bits per heavy atom. The van der Waals surface area contributed by atoms with Crippen molar-refractivity contribution in [3.63, 3.8) is 0 Å².